The van der Waals surface area contributed by atoms with Gasteiger partial charge in [0.05, 0.1) is 23.4 Å². The lowest BCUT2D eigenvalue weighted by Gasteiger charge is -1.99. The fourth-order valence-electron chi connectivity index (χ4n) is 2.13. The molecule has 5 nitrogen and oxygen atoms in total. The van der Waals surface area contributed by atoms with E-state index in [-0.39, 0.29) is 0 Å². The summed E-state index contributed by atoms with van der Waals surface area (Å²) in [6.07, 6.45) is 6.31. The number of thiazole rings is 1. The average Bonchev–Trinajstić information content (AvgIpc) is 3.09. The molecule has 4 rings (SSSR count). The molecule has 1 N–H and O–H groups in total. The van der Waals surface area contributed by atoms with Crippen LogP contribution in [0.4, 0.5) is 5.82 Å². The predicted octanol–water partition coefficient (Wildman–Crippen LogP) is 3.21. The van der Waals surface area contributed by atoms with E-state index in [0.717, 1.165) is 24.0 Å². The first-order chi connectivity index (χ1) is 10.4. The van der Waals surface area contributed by atoms with Gasteiger partial charge in [-0.25, -0.2) is 4.98 Å². The van der Waals surface area contributed by atoms with Crippen molar-refractivity contribution in [2.24, 2.45) is 0 Å². The number of hydrogen-bond acceptors (Lipinski definition) is 5. The van der Waals surface area contributed by atoms with Gasteiger partial charge in [0.1, 0.15) is 0 Å². The van der Waals surface area contributed by atoms with Crippen molar-refractivity contribution in [3.63, 3.8) is 0 Å². The molecule has 0 unspecified atom stereocenters. The number of nitrogens with zero attached hydrogens (tertiary/aromatic N) is 4. The molecular formula is C15H15N5S. The number of para-hydroxylation sites is 1. The molecule has 0 spiro atoms. The number of nitrogens with one attached hydrogen (secondary N) is 1. The van der Waals surface area contributed by atoms with E-state index in [0.29, 0.717) is 0 Å². The second kappa shape index (κ2) is 5.29. The van der Waals surface area contributed by atoms with E-state index in [4.69, 9.17) is 0 Å². The Morgan fingerprint density at radius 3 is 2.86 bits per heavy atom. The maximum atomic E-state index is 4.48. The molecule has 2 heterocycles. The van der Waals surface area contributed by atoms with Gasteiger partial charge in [-0.2, -0.15) is 5.10 Å². The van der Waals surface area contributed by atoms with Crippen LogP contribution in [-0.2, 0) is 6.54 Å². The highest BCUT2D eigenvalue weighted by Crippen LogP contribution is 2.41. The Labute approximate surface area is 126 Å². The van der Waals surface area contributed by atoms with Crippen LogP contribution in [0.3, 0.4) is 0 Å². The van der Waals surface area contributed by atoms with Gasteiger partial charge in [-0.05, 0) is 25.0 Å². The third-order valence-electron chi connectivity index (χ3n) is 3.42. The van der Waals surface area contributed by atoms with Crippen LogP contribution in [0.1, 0.15) is 28.6 Å². The third kappa shape index (κ3) is 2.80. The molecule has 0 aliphatic heterocycles. The molecule has 106 valence electrons. The van der Waals surface area contributed by atoms with Gasteiger partial charge in [0, 0.05) is 17.0 Å². The Kier molecular flexibility index (Phi) is 3.16. The minimum atomic E-state index is 0.725. The molecule has 1 aromatic carbocycles. The van der Waals surface area contributed by atoms with Gasteiger partial charge in [-0.15, -0.1) is 21.2 Å². The van der Waals surface area contributed by atoms with Gasteiger partial charge in [-0.3, -0.25) is 0 Å². The lowest BCUT2D eigenvalue weighted by atomic mass is 10.3. The van der Waals surface area contributed by atoms with Crippen LogP contribution in [0.2, 0.25) is 0 Å². The maximum Gasteiger partial charge on any atom is 0.169 e. The van der Waals surface area contributed by atoms with Crippen LogP contribution >= 0.6 is 11.3 Å². The van der Waals surface area contributed by atoms with Gasteiger partial charge in [-0.1, -0.05) is 18.2 Å². The minimum Gasteiger partial charge on any atom is -0.362 e. The van der Waals surface area contributed by atoms with Crippen molar-refractivity contribution in [3.05, 3.63) is 52.6 Å². The number of aromatic nitrogens is 4. The summed E-state index contributed by atoms with van der Waals surface area (Å²) >= 11 is 1.80. The van der Waals surface area contributed by atoms with Crippen molar-refractivity contribution >= 4 is 17.2 Å². The molecule has 1 fully saturated rings. The summed E-state index contributed by atoms with van der Waals surface area (Å²) in [5.74, 6) is 1.50. The van der Waals surface area contributed by atoms with Crippen molar-refractivity contribution in [2.45, 2.75) is 25.3 Å². The summed E-state index contributed by atoms with van der Waals surface area (Å²) in [7, 11) is 0. The molecule has 3 aromatic rings. The Hall–Kier alpha value is -2.21. The van der Waals surface area contributed by atoms with Crippen molar-refractivity contribution in [1.29, 1.82) is 0 Å². The highest BCUT2D eigenvalue weighted by molar-refractivity contribution is 7.11. The lowest BCUT2D eigenvalue weighted by Crippen LogP contribution is -2.01. The van der Waals surface area contributed by atoms with Crippen molar-refractivity contribution in [3.8, 4) is 5.69 Å². The number of hydrogen-bond donors (Lipinski definition) is 1. The normalized spacial score (nSPS) is 14.3. The third-order valence-corrected chi connectivity index (χ3v) is 4.58. The van der Waals surface area contributed by atoms with E-state index in [1.807, 2.05) is 36.5 Å². The van der Waals surface area contributed by atoms with Gasteiger partial charge in [0.15, 0.2) is 5.82 Å². The van der Waals surface area contributed by atoms with E-state index in [2.05, 4.69) is 20.5 Å². The largest absolute Gasteiger partial charge is 0.362 e. The highest BCUT2D eigenvalue weighted by Gasteiger charge is 2.26. The number of rotatable bonds is 5. The molecule has 1 aliphatic rings. The SMILES string of the molecule is c1ccc(-n2ncc(NCc3cnc(C4CC4)s3)n2)cc1. The van der Waals surface area contributed by atoms with Crippen LogP contribution < -0.4 is 5.32 Å². The first-order valence-corrected chi connectivity index (χ1v) is 7.86. The van der Waals surface area contributed by atoms with Crippen LogP contribution in [0.15, 0.2) is 42.7 Å². The number of benzene rings is 1. The first kappa shape index (κ1) is 12.5. The summed E-state index contributed by atoms with van der Waals surface area (Å²) < 4.78 is 0. The molecule has 1 aliphatic carbocycles. The second-order valence-electron chi connectivity index (χ2n) is 5.15. The summed E-state index contributed by atoms with van der Waals surface area (Å²) in [5.41, 5.74) is 0.958. The second-order valence-corrected chi connectivity index (χ2v) is 6.29. The fraction of sp³-hybridized carbons (Fsp3) is 0.267. The van der Waals surface area contributed by atoms with E-state index < -0.39 is 0 Å². The predicted molar refractivity (Wildman–Crippen MR) is 82.8 cm³/mol. The van der Waals surface area contributed by atoms with Crippen molar-refractivity contribution < 1.29 is 0 Å². The molecule has 0 atom stereocenters. The number of anilines is 1. The zero-order valence-corrected chi connectivity index (χ0v) is 12.3. The first-order valence-electron chi connectivity index (χ1n) is 7.05. The molecule has 0 bridgehead atoms. The van der Waals surface area contributed by atoms with Crippen LogP contribution in [0.5, 0.6) is 0 Å². The summed E-state index contributed by atoms with van der Waals surface area (Å²) in [6.45, 7) is 0.748. The summed E-state index contributed by atoms with van der Waals surface area (Å²) in [5, 5.41) is 13.3. The van der Waals surface area contributed by atoms with Gasteiger partial charge in [0.2, 0.25) is 0 Å². The van der Waals surface area contributed by atoms with Crippen molar-refractivity contribution in [1.82, 2.24) is 20.0 Å². The van der Waals surface area contributed by atoms with Crippen LogP contribution in [-0.4, -0.2) is 20.0 Å². The fourth-order valence-corrected chi connectivity index (χ4v) is 3.16. The minimum absolute atomic E-state index is 0.725. The van der Waals surface area contributed by atoms with Crippen molar-refractivity contribution in [2.75, 3.05) is 5.32 Å². The summed E-state index contributed by atoms with van der Waals surface area (Å²) in [6, 6.07) is 9.89. The van der Waals surface area contributed by atoms with Gasteiger partial charge < -0.3 is 5.32 Å². The maximum absolute atomic E-state index is 4.48. The van der Waals surface area contributed by atoms with Gasteiger partial charge >= 0.3 is 0 Å². The molecule has 1 saturated carbocycles. The van der Waals surface area contributed by atoms with Crippen LogP contribution in [0.25, 0.3) is 5.69 Å². The zero-order valence-electron chi connectivity index (χ0n) is 11.4. The summed E-state index contributed by atoms with van der Waals surface area (Å²) in [4.78, 5) is 7.35. The molecule has 0 radical (unpaired) electrons. The lowest BCUT2D eigenvalue weighted by molar-refractivity contribution is 0.752. The Balaban J connectivity index is 1.41. The van der Waals surface area contributed by atoms with Gasteiger partial charge in [0.25, 0.3) is 0 Å². The molecule has 0 saturated heterocycles. The topological polar surface area (TPSA) is 55.6 Å². The van der Waals surface area contributed by atoms with Crippen LogP contribution in [0, 0.1) is 0 Å². The molecule has 21 heavy (non-hydrogen) atoms. The Morgan fingerprint density at radius 1 is 1.19 bits per heavy atom. The van der Waals surface area contributed by atoms with E-state index in [1.165, 1.54) is 22.7 Å². The smallest absolute Gasteiger partial charge is 0.169 e. The monoisotopic (exact) mass is 297 g/mol. The molecule has 6 heteroatoms. The van der Waals surface area contributed by atoms with E-state index in [1.54, 1.807) is 22.3 Å². The quantitative estimate of drug-likeness (QED) is 0.785. The molecule has 2 aromatic heterocycles. The molecule has 0 amide bonds. The van der Waals surface area contributed by atoms with E-state index in [9.17, 15) is 0 Å². The standard InChI is InChI=1S/C15H15N5S/c1-2-4-12(5-3-1)20-18-10-14(19-20)16-8-13-9-17-15(21-13)11-6-7-11/h1-5,9-11H,6-8H2,(H,16,19). The Morgan fingerprint density at radius 2 is 2.05 bits per heavy atom. The average molecular weight is 297 g/mol. The highest BCUT2D eigenvalue weighted by atomic mass is 32.1. The van der Waals surface area contributed by atoms with E-state index >= 15 is 0 Å². The zero-order chi connectivity index (χ0) is 14.1. The molecular weight excluding hydrogens is 282 g/mol. The Bertz CT molecular complexity index is 729.